The molecule has 0 bridgehead atoms. The number of nitrogens with zero attached hydrogens (tertiary/aromatic N) is 1. The molecule has 0 saturated heterocycles. The molecule has 0 atom stereocenters. The van der Waals surface area contributed by atoms with Crippen LogP contribution in [-0.2, 0) is 14.3 Å². The van der Waals surface area contributed by atoms with Crippen LogP contribution >= 0.6 is 0 Å². The predicted molar refractivity (Wildman–Crippen MR) is 94.4 cm³/mol. The Morgan fingerprint density at radius 2 is 1.79 bits per heavy atom. The molecule has 2 rings (SSSR count). The summed E-state index contributed by atoms with van der Waals surface area (Å²) in [6.07, 6.45) is 0. The number of nitro benzene ring substituents is 1. The number of Topliss-reactive ketones (excluding diaryl/α,β-unsaturated/α-hetero) is 1. The summed E-state index contributed by atoms with van der Waals surface area (Å²) in [5.41, 5.74) is -1.81. The molecule has 0 unspecified atom stereocenters. The third-order valence-electron chi connectivity index (χ3n) is 3.90. The van der Waals surface area contributed by atoms with E-state index in [-0.39, 0.29) is 29.0 Å². The number of nitrogens with one attached hydrogen (secondary N) is 1. The second-order valence-electron chi connectivity index (χ2n) is 5.52. The van der Waals surface area contributed by atoms with E-state index in [1.54, 1.807) is 0 Å². The Morgan fingerprint density at radius 1 is 1.14 bits per heavy atom. The molecule has 0 fully saturated rings. The summed E-state index contributed by atoms with van der Waals surface area (Å²) in [6.45, 7) is 2.80. The summed E-state index contributed by atoms with van der Waals surface area (Å²) >= 11 is 0. The van der Waals surface area contributed by atoms with E-state index in [2.05, 4.69) is 14.5 Å². The molecule has 1 aromatic carbocycles. The Morgan fingerprint density at radius 3 is 2.36 bits per heavy atom. The van der Waals surface area contributed by atoms with Crippen LogP contribution in [0.1, 0.15) is 49.4 Å². The molecule has 1 aromatic heterocycles. The molecule has 28 heavy (non-hydrogen) atoms. The molecule has 1 heterocycles. The minimum absolute atomic E-state index is 0.00756. The number of para-hydroxylation sites is 1. The maximum absolute atomic E-state index is 12.9. The first-order valence-corrected chi connectivity index (χ1v) is 8.04. The SMILES string of the molecule is CCOC(=O)C(=O)c1[nH]c(C(=O)c2ccccc2[N+](=O)[O-])c(C(=O)OC)c1C. The fourth-order valence-electron chi connectivity index (χ4n) is 2.61. The van der Waals surface area contributed by atoms with Gasteiger partial charge in [-0.3, -0.25) is 19.7 Å². The lowest BCUT2D eigenvalue weighted by molar-refractivity contribution is -0.385. The van der Waals surface area contributed by atoms with Gasteiger partial charge in [-0.25, -0.2) is 9.59 Å². The highest BCUT2D eigenvalue weighted by Gasteiger charge is 2.33. The number of hydrogen-bond donors (Lipinski definition) is 1. The summed E-state index contributed by atoms with van der Waals surface area (Å²) in [5, 5.41) is 11.2. The fraction of sp³-hybridized carbons (Fsp3) is 0.222. The molecule has 0 radical (unpaired) electrons. The average Bonchev–Trinajstić information content (AvgIpc) is 3.03. The first-order valence-electron chi connectivity index (χ1n) is 8.04. The lowest BCUT2D eigenvalue weighted by atomic mass is 10.0. The molecule has 0 aliphatic rings. The van der Waals surface area contributed by atoms with E-state index < -0.39 is 39.8 Å². The number of ketones is 2. The van der Waals surface area contributed by atoms with Gasteiger partial charge in [-0.15, -0.1) is 0 Å². The highest BCUT2D eigenvalue weighted by atomic mass is 16.6. The smallest absolute Gasteiger partial charge is 0.381 e. The van der Waals surface area contributed by atoms with Gasteiger partial charge >= 0.3 is 11.9 Å². The highest BCUT2D eigenvalue weighted by Crippen LogP contribution is 2.26. The lowest BCUT2D eigenvalue weighted by Gasteiger charge is -2.04. The van der Waals surface area contributed by atoms with Crippen LogP contribution in [0.4, 0.5) is 5.69 Å². The second-order valence-corrected chi connectivity index (χ2v) is 5.52. The van der Waals surface area contributed by atoms with E-state index in [1.807, 2.05) is 0 Å². The van der Waals surface area contributed by atoms with E-state index in [9.17, 15) is 29.3 Å². The first-order chi connectivity index (χ1) is 13.2. The molecule has 10 heteroatoms. The Labute approximate surface area is 158 Å². The van der Waals surface area contributed by atoms with E-state index in [0.717, 1.165) is 13.2 Å². The third kappa shape index (κ3) is 3.65. The van der Waals surface area contributed by atoms with Gasteiger partial charge in [-0.1, -0.05) is 12.1 Å². The van der Waals surface area contributed by atoms with E-state index >= 15 is 0 Å². The van der Waals surface area contributed by atoms with Crippen molar-refractivity contribution in [1.82, 2.24) is 4.98 Å². The average molecular weight is 388 g/mol. The molecule has 2 aromatic rings. The number of carbonyl (C=O) groups is 4. The van der Waals surface area contributed by atoms with Crippen LogP contribution in [0.15, 0.2) is 24.3 Å². The van der Waals surface area contributed by atoms with Crippen molar-refractivity contribution in [3.05, 3.63) is 62.5 Å². The number of nitro groups is 1. The van der Waals surface area contributed by atoms with Crippen LogP contribution in [0.2, 0.25) is 0 Å². The molecule has 146 valence electrons. The zero-order valence-corrected chi connectivity index (χ0v) is 15.2. The van der Waals surface area contributed by atoms with E-state index in [4.69, 9.17) is 0 Å². The molecule has 0 spiro atoms. The van der Waals surface area contributed by atoms with Gasteiger partial charge in [0.05, 0.1) is 29.9 Å². The fourth-order valence-corrected chi connectivity index (χ4v) is 2.61. The van der Waals surface area contributed by atoms with Gasteiger partial charge in [0, 0.05) is 6.07 Å². The second kappa shape index (κ2) is 8.25. The Hall–Kier alpha value is -3.82. The molecular weight excluding hydrogens is 372 g/mol. The molecule has 0 saturated carbocycles. The largest absolute Gasteiger partial charge is 0.465 e. The van der Waals surface area contributed by atoms with Gasteiger partial charge in [-0.05, 0) is 25.5 Å². The molecular formula is C18H16N2O8. The van der Waals surface area contributed by atoms with Gasteiger partial charge in [-0.2, -0.15) is 0 Å². The van der Waals surface area contributed by atoms with Gasteiger partial charge < -0.3 is 14.5 Å². The zero-order valence-electron chi connectivity index (χ0n) is 15.2. The zero-order chi connectivity index (χ0) is 21.0. The maximum Gasteiger partial charge on any atom is 0.381 e. The highest BCUT2D eigenvalue weighted by molar-refractivity contribution is 6.41. The quantitative estimate of drug-likeness (QED) is 0.249. The van der Waals surface area contributed by atoms with Crippen LogP contribution < -0.4 is 0 Å². The van der Waals surface area contributed by atoms with Crippen molar-refractivity contribution in [2.45, 2.75) is 13.8 Å². The topological polar surface area (TPSA) is 146 Å². The molecule has 0 aliphatic heterocycles. The summed E-state index contributed by atoms with van der Waals surface area (Å²) in [5.74, 6) is -4.11. The summed E-state index contributed by atoms with van der Waals surface area (Å²) in [4.78, 5) is 62.1. The molecule has 0 amide bonds. The van der Waals surface area contributed by atoms with Gasteiger partial charge in [0.2, 0.25) is 5.78 Å². The lowest BCUT2D eigenvalue weighted by Crippen LogP contribution is -2.19. The van der Waals surface area contributed by atoms with Crippen molar-refractivity contribution in [2.24, 2.45) is 0 Å². The van der Waals surface area contributed by atoms with Crippen molar-refractivity contribution in [1.29, 1.82) is 0 Å². The number of carbonyl (C=O) groups excluding carboxylic acids is 4. The Kier molecular flexibility index (Phi) is 6.04. The van der Waals surface area contributed by atoms with E-state index in [1.165, 1.54) is 32.0 Å². The summed E-state index contributed by atoms with van der Waals surface area (Å²) < 4.78 is 9.30. The molecule has 10 nitrogen and oxygen atoms in total. The number of methoxy groups -OCH3 is 1. The number of aromatic amines is 1. The van der Waals surface area contributed by atoms with Gasteiger partial charge in [0.25, 0.3) is 11.5 Å². The number of H-pyrrole nitrogens is 1. The number of aromatic nitrogens is 1. The number of hydrogen-bond acceptors (Lipinski definition) is 8. The van der Waals surface area contributed by atoms with Crippen LogP contribution in [0.25, 0.3) is 0 Å². The number of ether oxygens (including phenoxy) is 2. The van der Waals surface area contributed by atoms with Crippen LogP contribution in [0.5, 0.6) is 0 Å². The van der Waals surface area contributed by atoms with Crippen LogP contribution in [0.3, 0.4) is 0 Å². The normalized spacial score (nSPS) is 10.2. The van der Waals surface area contributed by atoms with Crippen molar-refractivity contribution in [2.75, 3.05) is 13.7 Å². The summed E-state index contributed by atoms with van der Waals surface area (Å²) in [7, 11) is 1.07. The standard InChI is InChI=1S/C18H16N2O8/c1-4-28-18(24)16(22)13-9(2)12(17(23)27-3)14(19-13)15(21)10-7-5-6-8-11(10)20(25)26/h5-8,19H,4H2,1-3H3. The number of rotatable bonds is 7. The Balaban J connectivity index is 2.67. The third-order valence-corrected chi connectivity index (χ3v) is 3.90. The van der Waals surface area contributed by atoms with Crippen molar-refractivity contribution in [3.8, 4) is 0 Å². The minimum Gasteiger partial charge on any atom is -0.465 e. The van der Waals surface area contributed by atoms with Crippen molar-refractivity contribution >= 4 is 29.2 Å². The minimum atomic E-state index is -1.17. The monoisotopic (exact) mass is 388 g/mol. The van der Waals surface area contributed by atoms with Gasteiger partial charge in [0.1, 0.15) is 11.3 Å². The number of benzene rings is 1. The van der Waals surface area contributed by atoms with Crippen molar-refractivity contribution < 1.29 is 33.6 Å². The van der Waals surface area contributed by atoms with Gasteiger partial charge in [0.15, 0.2) is 0 Å². The predicted octanol–water partition coefficient (Wildman–Crippen LogP) is 1.99. The van der Waals surface area contributed by atoms with E-state index in [0.29, 0.717) is 0 Å². The summed E-state index contributed by atoms with van der Waals surface area (Å²) in [6, 6.07) is 5.14. The van der Waals surface area contributed by atoms with Crippen molar-refractivity contribution in [3.63, 3.8) is 0 Å². The maximum atomic E-state index is 12.9. The molecule has 1 N–H and O–H groups in total. The first kappa shape index (κ1) is 20.5. The number of esters is 2. The Bertz CT molecular complexity index is 989. The van der Waals surface area contributed by atoms with Crippen LogP contribution in [0, 0.1) is 17.0 Å². The van der Waals surface area contributed by atoms with Crippen LogP contribution in [-0.4, -0.2) is 47.1 Å². The molecule has 0 aliphatic carbocycles.